The molecule has 16 heavy (non-hydrogen) atoms. The molecule has 0 aromatic heterocycles. The van der Waals surface area contributed by atoms with Gasteiger partial charge in [-0.15, -0.1) is 0 Å². The molecule has 0 atom stereocenters. The molecule has 1 aromatic rings. The van der Waals surface area contributed by atoms with Crippen molar-refractivity contribution >= 4 is 0 Å². The second-order valence-electron chi connectivity index (χ2n) is 3.39. The Hall–Kier alpha value is -1.26. The van der Waals surface area contributed by atoms with Gasteiger partial charge in [-0.25, -0.2) is 0 Å². The lowest BCUT2D eigenvalue weighted by atomic mass is 10.2. The van der Waals surface area contributed by atoms with E-state index in [1.165, 1.54) is 0 Å². The molecular formula is C12H19NO3. The second kappa shape index (κ2) is 7.09. The van der Waals surface area contributed by atoms with Crippen molar-refractivity contribution in [1.29, 1.82) is 0 Å². The second-order valence-corrected chi connectivity index (χ2v) is 3.39. The van der Waals surface area contributed by atoms with Crippen LogP contribution in [-0.4, -0.2) is 34.5 Å². The molecule has 0 saturated carbocycles. The summed E-state index contributed by atoms with van der Waals surface area (Å²) in [4.78, 5) is 0. The van der Waals surface area contributed by atoms with Gasteiger partial charge < -0.3 is 19.5 Å². The summed E-state index contributed by atoms with van der Waals surface area (Å²) >= 11 is 0. The first-order chi connectivity index (χ1) is 7.80. The van der Waals surface area contributed by atoms with Gasteiger partial charge in [0.25, 0.3) is 0 Å². The lowest BCUT2D eigenvalue weighted by molar-refractivity contribution is 0.199. The average molecular weight is 225 g/mol. The van der Waals surface area contributed by atoms with Crippen molar-refractivity contribution in [2.24, 2.45) is 0 Å². The van der Waals surface area contributed by atoms with Crippen LogP contribution >= 0.6 is 0 Å². The van der Waals surface area contributed by atoms with Gasteiger partial charge in [0.2, 0.25) is 0 Å². The van der Waals surface area contributed by atoms with Gasteiger partial charge in [-0.3, -0.25) is 0 Å². The molecule has 0 bridgehead atoms. The van der Waals surface area contributed by atoms with E-state index in [0.717, 1.165) is 30.2 Å². The molecule has 1 rings (SSSR count). The van der Waals surface area contributed by atoms with Gasteiger partial charge >= 0.3 is 0 Å². The lowest BCUT2D eigenvalue weighted by Crippen LogP contribution is -2.18. The van der Waals surface area contributed by atoms with Crippen LogP contribution in [0.4, 0.5) is 0 Å². The molecule has 4 heteroatoms. The Morgan fingerprint density at radius 1 is 1.00 bits per heavy atom. The Kier molecular flexibility index (Phi) is 5.67. The van der Waals surface area contributed by atoms with E-state index in [-0.39, 0.29) is 0 Å². The van der Waals surface area contributed by atoms with Crippen molar-refractivity contribution in [3.63, 3.8) is 0 Å². The van der Waals surface area contributed by atoms with E-state index in [1.807, 2.05) is 18.2 Å². The summed E-state index contributed by atoms with van der Waals surface area (Å²) in [5, 5.41) is 3.27. The Labute approximate surface area is 96.5 Å². The number of methoxy groups -OCH3 is 3. The molecule has 0 aliphatic carbocycles. The molecule has 0 heterocycles. The number of hydrogen-bond acceptors (Lipinski definition) is 4. The van der Waals surface area contributed by atoms with E-state index in [1.54, 1.807) is 21.3 Å². The first-order valence-corrected chi connectivity index (χ1v) is 5.21. The van der Waals surface area contributed by atoms with Crippen molar-refractivity contribution < 1.29 is 14.2 Å². The van der Waals surface area contributed by atoms with Gasteiger partial charge in [0.1, 0.15) is 11.5 Å². The fourth-order valence-electron chi connectivity index (χ4n) is 1.38. The molecule has 90 valence electrons. The maximum Gasteiger partial charge on any atom is 0.122 e. The van der Waals surface area contributed by atoms with Crippen molar-refractivity contribution in [2.75, 3.05) is 34.5 Å². The fraction of sp³-hybridized carbons (Fsp3) is 0.500. The van der Waals surface area contributed by atoms with Crippen molar-refractivity contribution in [3.8, 4) is 11.5 Å². The van der Waals surface area contributed by atoms with Crippen LogP contribution in [0.2, 0.25) is 0 Å². The van der Waals surface area contributed by atoms with Crippen LogP contribution in [0.3, 0.4) is 0 Å². The predicted molar refractivity (Wildman–Crippen MR) is 63.1 cm³/mol. The first kappa shape index (κ1) is 12.8. The van der Waals surface area contributed by atoms with Gasteiger partial charge in [0.05, 0.1) is 20.8 Å². The average Bonchev–Trinajstić information content (AvgIpc) is 2.34. The molecular weight excluding hydrogens is 206 g/mol. The van der Waals surface area contributed by atoms with E-state index < -0.39 is 0 Å². The standard InChI is InChI=1S/C12H19NO3/c1-14-5-4-13-9-10-6-11(15-2)8-12(7-10)16-3/h6-8,13H,4-5,9H2,1-3H3. The van der Waals surface area contributed by atoms with Crippen LogP contribution < -0.4 is 14.8 Å². The zero-order valence-corrected chi connectivity index (χ0v) is 10.1. The molecule has 4 nitrogen and oxygen atoms in total. The minimum atomic E-state index is 0.709. The minimum absolute atomic E-state index is 0.709. The number of nitrogens with one attached hydrogen (secondary N) is 1. The van der Waals surface area contributed by atoms with Gasteiger partial charge in [0.15, 0.2) is 0 Å². The van der Waals surface area contributed by atoms with E-state index in [2.05, 4.69) is 5.32 Å². The summed E-state index contributed by atoms with van der Waals surface area (Å²) in [6.45, 7) is 2.31. The van der Waals surface area contributed by atoms with Crippen LogP contribution in [0.5, 0.6) is 11.5 Å². The molecule has 0 aliphatic heterocycles. The number of ether oxygens (including phenoxy) is 3. The third-order valence-electron chi connectivity index (χ3n) is 2.22. The Balaban J connectivity index is 2.57. The summed E-state index contributed by atoms with van der Waals surface area (Å²) in [5.74, 6) is 1.62. The summed E-state index contributed by atoms with van der Waals surface area (Å²) in [6, 6.07) is 5.84. The summed E-state index contributed by atoms with van der Waals surface area (Å²) < 4.78 is 15.3. The van der Waals surface area contributed by atoms with Gasteiger partial charge in [-0.1, -0.05) is 0 Å². The highest BCUT2D eigenvalue weighted by molar-refractivity contribution is 5.38. The zero-order valence-electron chi connectivity index (χ0n) is 10.1. The van der Waals surface area contributed by atoms with Crippen molar-refractivity contribution in [2.45, 2.75) is 6.54 Å². The molecule has 1 aromatic carbocycles. The Bertz CT molecular complexity index is 293. The van der Waals surface area contributed by atoms with Gasteiger partial charge in [0, 0.05) is 26.3 Å². The minimum Gasteiger partial charge on any atom is -0.497 e. The van der Waals surface area contributed by atoms with E-state index in [9.17, 15) is 0 Å². The summed E-state index contributed by atoms with van der Waals surface area (Å²) in [7, 11) is 4.99. The van der Waals surface area contributed by atoms with E-state index in [0.29, 0.717) is 6.61 Å². The molecule has 0 amide bonds. The molecule has 0 spiro atoms. The third-order valence-corrected chi connectivity index (χ3v) is 2.22. The van der Waals surface area contributed by atoms with Crippen LogP contribution in [0.15, 0.2) is 18.2 Å². The van der Waals surface area contributed by atoms with Crippen LogP contribution in [0, 0.1) is 0 Å². The monoisotopic (exact) mass is 225 g/mol. The van der Waals surface area contributed by atoms with Gasteiger partial charge in [-0.2, -0.15) is 0 Å². The quantitative estimate of drug-likeness (QED) is 0.713. The van der Waals surface area contributed by atoms with E-state index >= 15 is 0 Å². The first-order valence-electron chi connectivity index (χ1n) is 5.21. The molecule has 0 radical (unpaired) electrons. The highest BCUT2D eigenvalue weighted by Gasteiger charge is 2.01. The van der Waals surface area contributed by atoms with Crippen LogP contribution in [-0.2, 0) is 11.3 Å². The topological polar surface area (TPSA) is 39.7 Å². The zero-order chi connectivity index (χ0) is 11.8. The Morgan fingerprint density at radius 2 is 1.62 bits per heavy atom. The fourth-order valence-corrected chi connectivity index (χ4v) is 1.38. The number of benzene rings is 1. The van der Waals surface area contributed by atoms with Crippen LogP contribution in [0.1, 0.15) is 5.56 Å². The van der Waals surface area contributed by atoms with E-state index in [4.69, 9.17) is 14.2 Å². The molecule has 0 fully saturated rings. The smallest absolute Gasteiger partial charge is 0.122 e. The van der Waals surface area contributed by atoms with Crippen molar-refractivity contribution in [3.05, 3.63) is 23.8 Å². The lowest BCUT2D eigenvalue weighted by Gasteiger charge is -2.09. The largest absolute Gasteiger partial charge is 0.497 e. The SMILES string of the molecule is COCCNCc1cc(OC)cc(OC)c1. The molecule has 0 aliphatic rings. The summed E-state index contributed by atoms with van der Waals surface area (Å²) in [6.07, 6.45) is 0. The molecule has 1 N–H and O–H groups in total. The third kappa shape index (κ3) is 4.08. The summed E-state index contributed by atoms with van der Waals surface area (Å²) in [5.41, 5.74) is 1.13. The Morgan fingerprint density at radius 3 is 2.12 bits per heavy atom. The van der Waals surface area contributed by atoms with Crippen molar-refractivity contribution in [1.82, 2.24) is 5.32 Å². The number of hydrogen-bond donors (Lipinski definition) is 1. The normalized spacial score (nSPS) is 10.2. The molecule has 0 unspecified atom stereocenters. The predicted octanol–water partition coefficient (Wildman–Crippen LogP) is 1.44. The highest BCUT2D eigenvalue weighted by atomic mass is 16.5. The number of rotatable bonds is 7. The molecule has 0 saturated heterocycles. The van der Waals surface area contributed by atoms with Crippen LogP contribution in [0.25, 0.3) is 0 Å². The van der Waals surface area contributed by atoms with Gasteiger partial charge in [-0.05, 0) is 17.7 Å². The maximum atomic E-state index is 5.19. The maximum absolute atomic E-state index is 5.19. The highest BCUT2D eigenvalue weighted by Crippen LogP contribution is 2.22.